The summed E-state index contributed by atoms with van der Waals surface area (Å²) in [6.07, 6.45) is 17.9. The van der Waals surface area contributed by atoms with Crippen molar-refractivity contribution in [1.29, 1.82) is 0 Å². The van der Waals surface area contributed by atoms with Crippen LogP contribution < -0.4 is 19.4 Å². The highest BCUT2D eigenvalue weighted by Crippen LogP contribution is 2.38. The Balaban J connectivity index is 1.47. The lowest BCUT2D eigenvalue weighted by Gasteiger charge is -2.24. The molecular weight excluding hydrogens is 552 g/mol. The molecule has 0 aliphatic carbocycles. The zero-order chi connectivity index (χ0) is 30.9. The Hall–Kier alpha value is -2.86. The molecule has 0 saturated heterocycles. The number of thiazole rings is 1. The molecule has 0 fully saturated rings. The Morgan fingerprint density at radius 2 is 1.49 bits per heavy atom. The SMILES string of the molecule is CCCCCCCCCCCCCCOc1c(OCC(=O)Nc2ccccc2C[n+]2csc(C)c2)cccc1C(C)(C)C. The Morgan fingerprint density at radius 1 is 0.837 bits per heavy atom. The minimum Gasteiger partial charge on any atom is -0.489 e. The number of carbonyl (C=O) groups is 1. The Labute approximate surface area is 265 Å². The standard InChI is InChI=1S/C37H54N2O3S/c1-6-7-8-9-10-11-12-13-14-15-16-19-25-41-36-32(37(3,4)5)22-20-24-34(36)42-28-35(40)38-33-23-18-17-21-31(33)27-39-26-30(2)43-29-39/h17-18,20-24,26,29H,6-16,19,25,27-28H2,1-5H3/p+1. The smallest absolute Gasteiger partial charge is 0.262 e. The van der Waals surface area contributed by atoms with E-state index in [0.717, 1.165) is 29.0 Å². The van der Waals surface area contributed by atoms with E-state index in [1.165, 1.54) is 75.5 Å². The number of ether oxygens (including phenoxy) is 2. The summed E-state index contributed by atoms with van der Waals surface area (Å²) in [6, 6.07) is 13.9. The lowest BCUT2D eigenvalue weighted by molar-refractivity contribution is -0.683. The number of anilines is 1. The second-order valence-corrected chi connectivity index (χ2v) is 13.8. The lowest BCUT2D eigenvalue weighted by atomic mass is 9.86. The highest BCUT2D eigenvalue weighted by Gasteiger charge is 2.23. The van der Waals surface area contributed by atoms with Crippen molar-refractivity contribution in [3.63, 3.8) is 0 Å². The zero-order valence-electron chi connectivity index (χ0n) is 27.4. The van der Waals surface area contributed by atoms with Gasteiger partial charge in [-0.2, -0.15) is 4.57 Å². The van der Waals surface area contributed by atoms with Gasteiger partial charge in [0.1, 0.15) is 0 Å². The predicted octanol–water partition coefficient (Wildman–Crippen LogP) is 9.79. The number of aryl methyl sites for hydroxylation is 1. The van der Waals surface area contributed by atoms with Gasteiger partial charge < -0.3 is 14.8 Å². The summed E-state index contributed by atoms with van der Waals surface area (Å²) in [7, 11) is 0. The molecule has 236 valence electrons. The van der Waals surface area contributed by atoms with Crippen LogP contribution in [0.3, 0.4) is 0 Å². The van der Waals surface area contributed by atoms with E-state index in [4.69, 9.17) is 9.47 Å². The fraction of sp³-hybridized carbons (Fsp3) is 0.568. The largest absolute Gasteiger partial charge is 0.489 e. The van der Waals surface area contributed by atoms with Crippen LogP contribution in [0.2, 0.25) is 0 Å². The van der Waals surface area contributed by atoms with Crippen molar-refractivity contribution in [1.82, 2.24) is 0 Å². The number of hydrogen-bond donors (Lipinski definition) is 1. The molecule has 0 saturated carbocycles. The molecule has 3 rings (SSSR count). The molecule has 2 aromatic carbocycles. The van der Waals surface area contributed by atoms with Crippen LogP contribution in [0.5, 0.6) is 11.5 Å². The van der Waals surface area contributed by atoms with Gasteiger partial charge in [-0.1, -0.05) is 140 Å². The quantitative estimate of drug-likeness (QED) is 0.103. The van der Waals surface area contributed by atoms with Crippen molar-refractivity contribution in [2.45, 2.75) is 124 Å². The average molecular weight is 608 g/mol. The first-order valence-corrected chi connectivity index (χ1v) is 17.4. The van der Waals surface area contributed by atoms with Crippen molar-refractivity contribution in [3.8, 4) is 11.5 Å². The topological polar surface area (TPSA) is 51.4 Å². The summed E-state index contributed by atoms with van der Waals surface area (Å²) in [5.74, 6) is 1.20. The molecule has 5 nitrogen and oxygen atoms in total. The van der Waals surface area contributed by atoms with Crippen LogP contribution in [0.4, 0.5) is 5.69 Å². The van der Waals surface area contributed by atoms with Gasteiger partial charge in [-0.3, -0.25) is 4.79 Å². The van der Waals surface area contributed by atoms with Gasteiger partial charge in [-0.15, -0.1) is 0 Å². The molecule has 1 heterocycles. The summed E-state index contributed by atoms with van der Waals surface area (Å²) >= 11 is 1.71. The van der Waals surface area contributed by atoms with E-state index in [1.807, 2.05) is 36.4 Å². The van der Waals surface area contributed by atoms with Crippen LogP contribution in [0.15, 0.2) is 54.2 Å². The van der Waals surface area contributed by atoms with Gasteiger partial charge in [0.25, 0.3) is 5.91 Å². The third kappa shape index (κ3) is 12.7. The van der Waals surface area contributed by atoms with E-state index in [2.05, 4.69) is 62.3 Å². The summed E-state index contributed by atoms with van der Waals surface area (Å²) in [4.78, 5) is 14.2. The summed E-state index contributed by atoms with van der Waals surface area (Å²) in [6.45, 7) is 12.2. The molecule has 1 aromatic heterocycles. The molecule has 1 amide bonds. The summed E-state index contributed by atoms with van der Waals surface area (Å²) < 4.78 is 14.6. The van der Waals surface area contributed by atoms with Crippen molar-refractivity contribution in [3.05, 3.63) is 70.2 Å². The molecule has 43 heavy (non-hydrogen) atoms. The number of hydrogen-bond acceptors (Lipinski definition) is 4. The summed E-state index contributed by atoms with van der Waals surface area (Å²) in [5, 5.41) is 3.05. The lowest BCUT2D eigenvalue weighted by Crippen LogP contribution is -2.31. The van der Waals surface area contributed by atoms with Crippen LogP contribution in [0.25, 0.3) is 0 Å². The van der Waals surface area contributed by atoms with Crippen molar-refractivity contribution in [2.75, 3.05) is 18.5 Å². The van der Waals surface area contributed by atoms with Gasteiger partial charge in [0.15, 0.2) is 30.8 Å². The average Bonchev–Trinajstić information content (AvgIpc) is 3.39. The number of nitrogens with zero attached hydrogens (tertiary/aromatic N) is 1. The molecule has 0 aliphatic rings. The maximum Gasteiger partial charge on any atom is 0.262 e. The molecule has 3 aromatic rings. The van der Waals surface area contributed by atoms with Crippen LogP contribution in [0, 0.1) is 6.92 Å². The fourth-order valence-corrected chi connectivity index (χ4v) is 5.95. The minimum atomic E-state index is -0.188. The molecule has 1 N–H and O–H groups in total. The van der Waals surface area contributed by atoms with Crippen LogP contribution in [0.1, 0.15) is 121 Å². The molecule has 0 unspecified atom stereocenters. The number of nitrogens with one attached hydrogen (secondary N) is 1. The molecule has 0 bridgehead atoms. The second-order valence-electron chi connectivity index (χ2n) is 12.7. The van der Waals surface area contributed by atoms with E-state index in [1.54, 1.807) is 11.3 Å². The number of para-hydroxylation sites is 2. The predicted molar refractivity (Wildman–Crippen MR) is 181 cm³/mol. The zero-order valence-corrected chi connectivity index (χ0v) is 28.2. The highest BCUT2D eigenvalue weighted by atomic mass is 32.1. The number of unbranched alkanes of at least 4 members (excludes halogenated alkanes) is 11. The first kappa shape index (κ1) is 34.6. The maximum absolute atomic E-state index is 13.0. The van der Waals surface area contributed by atoms with Gasteiger partial charge in [0, 0.05) is 11.1 Å². The molecule has 0 aliphatic heterocycles. The Morgan fingerprint density at radius 3 is 2.12 bits per heavy atom. The van der Waals surface area contributed by atoms with Crippen molar-refractivity contribution in [2.24, 2.45) is 0 Å². The second kappa shape index (κ2) is 18.7. The Kier molecular flexibility index (Phi) is 15.1. The van der Waals surface area contributed by atoms with E-state index < -0.39 is 0 Å². The molecule has 0 radical (unpaired) electrons. The number of benzene rings is 2. The molecule has 0 atom stereocenters. The first-order chi connectivity index (χ1) is 20.8. The third-order valence-electron chi connectivity index (χ3n) is 7.76. The van der Waals surface area contributed by atoms with E-state index >= 15 is 0 Å². The normalized spacial score (nSPS) is 11.5. The van der Waals surface area contributed by atoms with Crippen LogP contribution in [-0.2, 0) is 16.8 Å². The van der Waals surface area contributed by atoms with Crippen molar-refractivity contribution < 1.29 is 18.8 Å². The van der Waals surface area contributed by atoms with Gasteiger partial charge in [-0.25, -0.2) is 0 Å². The number of rotatable bonds is 20. The Bertz CT molecular complexity index is 1230. The van der Waals surface area contributed by atoms with Gasteiger partial charge in [-0.05, 0) is 30.9 Å². The molecule has 6 heteroatoms. The van der Waals surface area contributed by atoms with E-state index in [9.17, 15) is 4.79 Å². The van der Waals surface area contributed by atoms with Crippen LogP contribution in [-0.4, -0.2) is 19.1 Å². The highest BCUT2D eigenvalue weighted by molar-refractivity contribution is 7.09. The number of carbonyl (C=O) groups excluding carboxylic acids is 1. The van der Waals surface area contributed by atoms with Crippen molar-refractivity contribution >= 4 is 22.9 Å². The fourth-order valence-electron chi connectivity index (χ4n) is 5.32. The summed E-state index contributed by atoms with van der Waals surface area (Å²) in [5.41, 5.74) is 4.94. The monoisotopic (exact) mass is 607 g/mol. The third-order valence-corrected chi connectivity index (χ3v) is 8.61. The van der Waals surface area contributed by atoms with E-state index in [0.29, 0.717) is 18.9 Å². The van der Waals surface area contributed by atoms with Crippen LogP contribution >= 0.6 is 11.3 Å². The minimum absolute atomic E-state index is 0.0817. The van der Waals surface area contributed by atoms with E-state index in [-0.39, 0.29) is 17.9 Å². The van der Waals surface area contributed by atoms with Gasteiger partial charge >= 0.3 is 0 Å². The maximum atomic E-state index is 13.0. The van der Waals surface area contributed by atoms with Gasteiger partial charge in [0.05, 0.1) is 17.2 Å². The van der Waals surface area contributed by atoms with Gasteiger partial charge in [0.2, 0.25) is 5.51 Å². The number of amides is 1. The molecule has 0 spiro atoms. The number of aromatic nitrogens is 1. The molecular formula is C37H55N2O3S+. The first-order valence-electron chi connectivity index (χ1n) is 16.5.